The van der Waals surface area contributed by atoms with Crippen molar-refractivity contribution in [1.82, 2.24) is 9.80 Å². The van der Waals surface area contributed by atoms with Crippen molar-refractivity contribution in [3.05, 3.63) is 40.8 Å². The summed E-state index contributed by atoms with van der Waals surface area (Å²) in [5, 5.41) is 0.482. The monoisotopic (exact) mass is 461 g/mol. The van der Waals surface area contributed by atoms with E-state index in [1.54, 1.807) is 36.1 Å². The molecule has 2 heterocycles. The molecule has 3 rings (SSSR count). The molecule has 2 aliphatic heterocycles. The van der Waals surface area contributed by atoms with Crippen LogP contribution in [0, 0.1) is 0 Å². The maximum absolute atomic E-state index is 12.9. The summed E-state index contributed by atoms with van der Waals surface area (Å²) in [6.07, 6.45) is 1.95. The largest absolute Gasteiger partial charge is 0.466 e. The summed E-state index contributed by atoms with van der Waals surface area (Å²) in [7, 11) is 1.27. The van der Waals surface area contributed by atoms with Gasteiger partial charge in [0.15, 0.2) is 5.17 Å². The maximum atomic E-state index is 12.9. The number of carbonyl (C=O) groups excluding carboxylic acids is 3. The Labute approximate surface area is 191 Å². The van der Waals surface area contributed by atoms with Crippen LogP contribution >= 0.6 is 11.8 Å². The molecule has 0 spiro atoms. The molecule has 0 aromatic heterocycles. The van der Waals surface area contributed by atoms with Crippen LogP contribution in [0.2, 0.25) is 0 Å². The van der Waals surface area contributed by atoms with E-state index in [-0.39, 0.29) is 10.8 Å². The van der Waals surface area contributed by atoms with Crippen LogP contribution in [-0.2, 0) is 23.8 Å². The van der Waals surface area contributed by atoms with Crippen LogP contribution < -0.4 is 0 Å². The second kappa shape index (κ2) is 11.8. The Bertz CT molecular complexity index is 893. The quantitative estimate of drug-likeness (QED) is 0.429. The first-order valence-corrected chi connectivity index (χ1v) is 11.3. The van der Waals surface area contributed by atoms with Gasteiger partial charge < -0.3 is 14.2 Å². The third-order valence-electron chi connectivity index (χ3n) is 4.90. The number of esters is 2. The molecule has 1 aromatic carbocycles. The summed E-state index contributed by atoms with van der Waals surface area (Å²) in [6, 6.07) is 6.65. The summed E-state index contributed by atoms with van der Waals surface area (Å²) < 4.78 is 15.0. The van der Waals surface area contributed by atoms with Crippen LogP contribution in [0.1, 0.15) is 23.7 Å². The highest BCUT2D eigenvalue weighted by molar-refractivity contribution is 8.18. The molecule has 0 N–H and O–H groups in total. The van der Waals surface area contributed by atoms with Gasteiger partial charge in [0, 0.05) is 32.3 Å². The highest BCUT2D eigenvalue weighted by atomic mass is 32.2. The fraction of sp³-hybridized carbons (Fsp3) is 0.455. The molecule has 32 heavy (non-hydrogen) atoms. The number of thioether (sulfide) groups is 1. The fourth-order valence-electron chi connectivity index (χ4n) is 3.23. The van der Waals surface area contributed by atoms with Crippen molar-refractivity contribution in [2.75, 3.05) is 53.1 Å². The van der Waals surface area contributed by atoms with E-state index in [4.69, 9.17) is 9.47 Å². The predicted octanol–water partition coefficient (Wildman–Crippen LogP) is 2.21. The number of benzene rings is 1. The van der Waals surface area contributed by atoms with Crippen LogP contribution in [0.4, 0.5) is 5.69 Å². The lowest BCUT2D eigenvalue weighted by Crippen LogP contribution is -2.38. The highest BCUT2D eigenvalue weighted by Crippen LogP contribution is 2.33. The van der Waals surface area contributed by atoms with Crippen molar-refractivity contribution in [3.63, 3.8) is 0 Å². The molecule has 2 aliphatic rings. The molecule has 0 unspecified atom stereocenters. The number of nitrogens with zero attached hydrogens (tertiary/aromatic N) is 3. The Morgan fingerprint density at radius 3 is 2.56 bits per heavy atom. The zero-order valence-electron chi connectivity index (χ0n) is 18.2. The molecular formula is C22H27N3O6S. The van der Waals surface area contributed by atoms with Crippen LogP contribution in [-0.4, -0.2) is 85.9 Å². The lowest BCUT2D eigenvalue weighted by atomic mass is 10.2. The first kappa shape index (κ1) is 24.0. The van der Waals surface area contributed by atoms with Gasteiger partial charge in [-0.15, -0.1) is 0 Å². The normalized spacial score (nSPS) is 19.6. The number of methoxy groups -OCH3 is 1. The van der Waals surface area contributed by atoms with Crippen molar-refractivity contribution >= 4 is 40.5 Å². The van der Waals surface area contributed by atoms with E-state index in [1.807, 2.05) is 0 Å². The third kappa shape index (κ3) is 6.41. The van der Waals surface area contributed by atoms with E-state index in [0.29, 0.717) is 29.6 Å². The number of amidine groups is 1. The van der Waals surface area contributed by atoms with Crippen molar-refractivity contribution < 1.29 is 28.6 Å². The Kier molecular flexibility index (Phi) is 8.83. The first-order chi connectivity index (χ1) is 15.5. The SMILES string of the molecule is CCOC(=O)c1ccc(N=C2S/C(=C/C(=O)OC)C(=O)N2CCCN2CCOCC2)cc1. The van der Waals surface area contributed by atoms with Gasteiger partial charge in [-0.05, 0) is 49.4 Å². The molecular weight excluding hydrogens is 434 g/mol. The molecule has 2 fully saturated rings. The van der Waals surface area contributed by atoms with Crippen molar-refractivity contribution in [3.8, 4) is 0 Å². The highest BCUT2D eigenvalue weighted by Gasteiger charge is 2.34. The number of hydrogen-bond donors (Lipinski definition) is 0. The molecule has 0 radical (unpaired) electrons. The van der Waals surface area contributed by atoms with Gasteiger partial charge in [0.2, 0.25) is 0 Å². The number of amides is 1. The van der Waals surface area contributed by atoms with E-state index in [2.05, 4.69) is 14.6 Å². The Morgan fingerprint density at radius 1 is 1.19 bits per heavy atom. The summed E-state index contributed by atoms with van der Waals surface area (Å²) in [5.74, 6) is -1.26. The zero-order valence-corrected chi connectivity index (χ0v) is 19.1. The van der Waals surface area contributed by atoms with Crippen LogP contribution in [0.5, 0.6) is 0 Å². The molecule has 0 saturated carbocycles. The summed E-state index contributed by atoms with van der Waals surface area (Å²) in [5.41, 5.74) is 1.02. The van der Waals surface area contributed by atoms with Crippen LogP contribution in [0.15, 0.2) is 40.2 Å². The Morgan fingerprint density at radius 2 is 1.91 bits per heavy atom. The van der Waals surface area contributed by atoms with E-state index >= 15 is 0 Å². The number of hydrogen-bond acceptors (Lipinski definition) is 9. The molecule has 1 aromatic rings. The van der Waals surface area contributed by atoms with E-state index in [9.17, 15) is 14.4 Å². The van der Waals surface area contributed by atoms with Gasteiger partial charge in [0.25, 0.3) is 5.91 Å². The molecule has 2 saturated heterocycles. The first-order valence-electron chi connectivity index (χ1n) is 10.5. The number of ether oxygens (including phenoxy) is 3. The molecule has 0 aliphatic carbocycles. The molecule has 9 nitrogen and oxygen atoms in total. The van der Waals surface area contributed by atoms with Gasteiger partial charge in [0.05, 0.1) is 43.1 Å². The minimum atomic E-state index is -0.589. The van der Waals surface area contributed by atoms with Crippen molar-refractivity contribution in [2.45, 2.75) is 13.3 Å². The number of morpholine rings is 1. The van der Waals surface area contributed by atoms with E-state index < -0.39 is 11.9 Å². The average Bonchev–Trinajstić information content (AvgIpc) is 3.09. The molecule has 1 amide bonds. The van der Waals surface area contributed by atoms with Gasteiger partial charge >= 0.3 is 11.9 Å². The minimum absolute atomic E-state index is 0.269. The van der Waals surface area contributed by atoms with Gasteiger partial charge in [-0.3, -0.25) is 14.6 Å². The van der Waals surface area contributed by atoms with Gasteiger partial charge in [-0.25, -0.2) is 14.6 Å². The lowest BCUT2D eigenvalue weighted by Gasteiger charge is -2.27. The fourth-order valence-corrected chi connectivity index (χ4v) is 4.21. The van der Waals surface area contributed by atoms with E-state index in [0.717, 1.165) is 51.0 Å². The number of rotatable bonds is 8. The standard InChI is InChI=1S/C22H27N3O6S/c1-3-31-21(28)16-5-7-17(8-6-16)23-22-25(10-4-9-24-11-13-30-14-12-24)20(27)18(32-22)15-19(26)29-2/h5-8,15H,3-4,9-14H2,1-2H3/b18-15+,23-22?. The van der Waals surface area contributed by atoms with Crippen LogP contribution in [0.3, 0.4) is 0 Å². The van der Waals surface area contributed by atoms with Crippen molar-refractivity contribution in [1.29, 1.82) is 0 Å². The van der Waals surface area contributed by atoms with Crippen LogP contribution in [0.25, 0.3) is 0 Å². The second-order valence-electron chi connectivity index (χ2n) is 7.06. The number of aliphatic imine (C=N–C) groups is 1. The van der Waals surface area contributed by atoms with Crippen molar-refractivity contribution in [2.24, 2.45) is 4.99 Å². The average molecular weight is 462 g/mol. The Balaban J connectivity index is 1.74. The zero-order chi connectivity index (χ0) is 22.9. The summed E-state index contributed by atoms with van der Waals surface area (Å²) in [4.78, 5) is 45.2. The smallest absolute Gasteiger partial charge is 0.338 e. The topological polar surface area (TPSA) is 97.7 Å². The lowest BCUT2D eigenvalue weighted by molar-refractivity contribution is -0.135. The molecule has 0 atom stereocenters. The molecule has 172 valence electrons. The van der Waals surface area contributed by atoms with Gasteiger partial charge in [0.1, 0.15) is 0 Å². The van der Waals surface area contributed by atoms with Gasteiger partial charge in [-0.2, -0.15) is 0 Å². The minimum Gasteiger partial charge on any atom is -0.466 e. The Hall–Kier alpha value is -2.69. The number of carbonyl (C=O) groups is 3. The second-order valence-corrected chi connectivity index (χ2v) is 8.07. The summed E-state index contributed by atoms with van der Waals surface area (Å²) >= 11 is 1.13. The third-order valence-corrected chi connectivity index (χ3v) is 5.91. The molecule has 10 heteroatoms. The maximum Gasteiger partial charge on any atom is 0.338 e. The predicted molar refractivity (Wildman–Crippen MR) is 121 cm³/mol. The molecule has 0 bridgehead atoms. The van der Waals surface area contributed by atoms with E-state index in [1.165, 1.54) is 13.2 Å². The summed E-state index contributed by atoms with van der Waals surface area (Å²) in [6.45, 7) is 6.57. The van der Waals surface area contributed by atoms with Gasteiger partial charge in [-0.1, -0.05) is 0 Å².